The first-order valence-corrected chi connectivity index (χ1v) is 8.63. The van der Waals surface area contributed by atoms with Crippen molar-refractivity contribution < 1.29 is 4.74 Å². The fourth-order valence-electron chi connectivity index (χ4n) is 2.30. The smallest absolute Gasteiger partial charge is 0.133 e. The third-order valence-corrected chi connectivity index (χ3v) is 4.84. The normalized spacial score (nSPS) is 12.4. The van der Waals surface area contributed by atoms with Gasteiger partial charge in [0, 0.05) is 6.04 Å². The van der Waals surface area contributed by atoms with Crippen LogP contribution < -0.4 is 10.1 Å². The van der Waals surface area contributed by atoms with E-state index in [0.29, 0.717) is 0 Å². The zero-order valence-electron chi connectivity index (χ0n) is 12.5. The maximum absolute atomic E-state index is 5.28. The minimum Gasteiger partial charge on any atom is -0.496 e. The molecule has 0 saturated heterocycles. The van der Waals surface area contributed by atoms with Gasteiger partial charge in [0.25, 0.3) is 0 Å². The summed E-state index contributed by atoms with van der Waals surface area (Å²) >= 11 is 5.04. The van der Waals surface area contributed by atoms with E-state index in [2.05, 4.69) is 56.8 Å². The minimum atomic E-state index is 0.255. The molecule has 21 heavy (non-hydrogen) atoms. The molecule has 0 aliphatic carbocycles. The highest BCUT2D eigenvalue weighted by Crippen LogP contribution is 2.29. The largest absolute Gasteiger partial charge is 0.496 e. The second-order valence-electron chi connectivity index (χ2n) is 4.72. The van der Waals surface area contributed by atoms with E-state index in [9.17, 15) is 0 Å². The second kappa shape index (κ2) is 7.87. The van der Waals surface area contributed by atoms with Crippen LogP contribution in [0.3, 0.4) is 0 Å². The van der Waals surface area contributed by atoms with E-state index in [1.165, 1.54) is 22.0 Å². The SMILES string of the molecule is CCNC(Cc1ccc(OC)c(Br)c1)c1snnc1CC. The van der Waals surface area contributed by atoms with Gasteiger partial charge in [-0.05, 0) is 64.5 Å². The number of aromatic nitrogens is 2. The Hall–Kier alpha value is -0.980. The number of likely N-dealkylation sites (N-methyl/N-ethyl adjacent to an activating group) is 1. The Kier molecular flexibility index (Phi) is 6.14. The van der Waals surface area contributed by atoms with Crippen molar-refractivity contribution >= 4 is 27.5 Å². The minimum absolute atomic E-state index is 0.255. The van der Waals surface area contributed by atoms with Gasteiger partial charge in [0.2, 0.25) is 0 Å². The topological polar surface area (TPSA) is 47.0 Å². The summed E-state index contributed by atoms with van der Waals surface area (Å²) in [5, 5.41) is 7.76. The molecule has 4 nitrogen and oxygen atoms in total. The molecule has 1 aromatic heterocycles. The number of ether oxygens (including phenoxy) is 1. The van der Waals surface area contributed by atoms with E-state index in [1.807, 2.05) is 6.07 Å². The molecular formula is C15H20BrN3OS. The molecule has 0 amide bonds. The van der Waals surface area contributed by atoms with Crippen molar-refractivity contribution in [1.82, 2.24) is 14.9 Å². The molecule has 1 heterocycles. The highest BCUT2D eigenvalue weighted by molar-refractivity contribution is 9.10. The van der Waals surface area contributed by atoms with Crippen molar-refractivity contribution in [3.63, 3.8) is 0 Å². The van der Waals surface area contributed by atoms with Crippen molar-refractivity contribution in [3.05, 3.63) is 38.8 Å². The van der Waals surface area contributed by atoms with E-state index in [-0.39, 0.29) is 6.04 Å². The molecule has 0 aliphatic rings. The Morgan fingerprint density at radius 3 is 2.81 bits per heavy atom. The predicted molar refractivity (Wildman–Crippen MR) is 90.1 cm³/mol. The van der Waals surface area contributed by atoms with Gasteiger partial charge in [0.1, 0.15) is 5.75 Å². The predicted octanol–water partition coefficient (Wildman–Crippen LogP) is 3.76. The summed E-state index contributed by atoms with van der Waals surface area (Å²) in [4.78, 5) is 1.24. The van der Waals surface area contributed by atoms with Crippen LogP contribution in [0.4, 0.5) is 0 Å². The maximum Gasteiger partial charge on any atom is 0.133 e. The van der Waals surface area contributed by atoms with Gasteiger partial charge in [-0.1, -0.05) is 24.4 Å². The van der Waals surface area contributed by atoms with Crippen LogP contribution in [0.5, 0.6) is 5.75 Å². The zero-order valence-corrected chi connectivity index (χ0v) is 14.9. The average molecular weight is 370 g/mol. The van der Waals surface area contributed by atoms with Crippen LogP contribution in [0.2, 0.25) is 0 Å². The highest BCUT2D eigenvalue weighted by Gasteiger charge is 2.18. The van der Waals surface area contributed by atoms with E-state index in [1.54, 1.807) is 7.11 Å². The molecule has 0 aliphatic heterocycles. The van der Waals surface area contributed by atoms with Crippen molar-refractivity contribution in [3.8, 4) is 5.75 Å². The summed E-state index contributed by atoms with van der Waals surface area (Å²) in [6, 6.07) is 6.47. The Bertz CT molecular complexity index is 588. The van der Waals surface area contributed by atoms with Crippen LogP contribution in [0.25, 0.3) is 0 Å². The number of hydrogen-bond donors (Lipinski definition) is 1. The van der Waals surface area contributed by atoms with Gasteiger partial charge in [0.15, 0.2) is 0 Å². The number of aryl methyl sites for hydroxylation is 1. The number of halogens is 1. The van der Waals surface area contributed by atoms with Crippen LogP contribution in [0.15, 0.2) is 22.7 Å². The van der Waals surface area contributed by atoms with Crippen LogP contribution in [-0.2, 0) is 12.8 Å². The Balaban J connectivity index is 2.22. The number of rotatable bonds is 7. The molecule has 2 aromatic rings. The van der Waals surface area contributed by atoms with Crippen LogP contribution >= 0.6 is 27.5 Å². The van der Waals surface area contributed by atoms with Crippen molar-refractivity contribution in [2.24, 2.45) is 0 Å². The monoisotopic (exact) mass is 369 g/mol. The molecule has 6 heteroatoms. The Morgan fingerprint density at radius 1 is 1.38 bits per heavy atom. The molecule has 1 atom stereocenters. The van der Waals surface area contributed by atoms with Crippen LogP contribution in [0.1, 0.15) is 36.0 Å². The first-order chi connectivity index (χ1) is 10.2. The van der Waals surface area contributed by atoms with Crippen LogP contribution in [-0.4, -0.2) is 23.2 Å². The molecule has 0 saturated carbocycles. The van der Waals surface area contributed by atoms with E-state index < -0.39 is 0 Å². The molecule has 0 bridgehead atoms. The summed E-state index contributed by atoms with van der Waals surface area (Å²) in [5.41, 5.74) is 2.35. The number of methoxy groups -OCH3 is 1. The van der Waals surface area contributed by atoms with Gasteiger partial charge in [-0.25, -0.2) is 0 Å². The van der Waals surface area contributed by atoms with Gasteiger partial charge in [-0.15, -0.1) is 5.10 Å². The quantitative estimate of drug-likeness (QED) is 0.806. The lowest BCUT2D eigenvalue weighted by molar-refractivity contribution is 0.412. The molecule has 1 N–H and O–H groups in total. The van der Waals surface area contributed by atoms with Gasteiger partial charge >= 0.3 is 0 Å². The van der Waals surface area contributed by atoms with E-state index in [0.717, 1.165) is 35.3 Å². The van der Waals surface area contributed by atoms with Crippen molar-refractivity contribution in [2.45, 2.75) is 32.7 Å². The first-order valence-electron chi connectivity index (χ1n) is 7.06. The first kappa shape index (κ1) is 16.4. The number of benzene rings is 1. The zero-order chi connectivity index (χ0) is 15.2. The average Bonchev–Trinajstić information content (AvgIpc) is 2.95. The lowest BCUT2D eigenvalue weighted by Gasteiger charge is -2.17. The summed E-state index contributed by atoms with van der Waals surface area (Å²) in [6.07, 6.45) is 1.83. The number of hydrogen-bond acceptors (Lipinski definition) is 5. The van der Waals surface area contributed by atoms with Gasteiger partial charge in [-0.3, -0.25) is 0 Å². The molecule has 1 aromatic carbocycles. The lowest BCUT2D eigenvalue weighted by Crippen LogP contribution is -2.23. The molecule has 2 rings (SSSR count). The molecule has 0 fully saturated rings. The Morgan fingerprint density at radius 2 is 2.19 bits per heavy atom. The van der Waals surface area contributed by atoms with Gasteiger partial charge < -0.3 is 10.1 Å². The molecule has 0 spiro atoms. The summed E-state index contributed by atoms with van der Waals surface area (Å²) in [6.45, 7) is 5.16. The third-order valence-electron chi connectivity index (χ3n) is 3.34. The summed E-state index contributed by atoms with van der Waals surface area (Å²) in [5.74, 6) is 0.854. The Labute approximate surface area is 138 Å². The number of nitrogens with one attached hydrogen (secondary N) is 1. The summed E-state index contributed by atoms with van der Waals surface area (Å²) in [7, 11) is 1.68. The fraction of sp³-hybridized carbons (Fsp3) is 0.467. The third kappa shape index (κ3) is 4.02. The van der Waals surface area contributed by atoms with Gasteiger partial charge in [-0.2, -0.15) is 0 Å². The summed E-state index contributed by atoms with van der Waals surface area (Å²) < 4.78 is 10.4. The second-order valence-corrected chi connectivity index (χ2v) is 6.36. The molecular weight excluding hydrogens is 350 g/mol. The maximum atomic E-state index is 5.28. The lowest BCUT2D eigenvalue weighted by atomic mass is 10.0. The molecule has 0 radical (unpaired) electrons. The van der Waals surface area contributed by atoms with Gasteiger partial charge in [0.05, 0.1) is 22.2 Å². The van der Waals surface area contributed by atoms with E-state index in [4.69, 9.17) is 4.74 Å². The van der Waals surface area contributed by atoms with Crippen molar-refractivity contribution in [1.29, 1.82) is 0 Å². The standard InChI is InChI=1S/C15H20BrN3OS/c1-4-12-15(21-19-18-12)13(17-5-2)9-10-6-7-14(20-3)11(16)8-10/h6-8,13,17H,4-5,9H2,1-3H3. The highest BCUT2D eigenvalue weighted by atomic mass is 79.9. The van der Waals surface area contributed by atoms with Crippen LogP contribution in [0, 0.1) is 0 Å². The molecule has 1 unspecified atom stereocenters. The van der Waals surface area contributed by atoms with Crippen molar-refractivity contribution in [2.75, 3.05) is 13.7 Å². The number of nitrogens with zero attached hydrogens (tertiary/aromatic N) is 2. The van der Waals surface area contributed by atoms with E-state index >= 15 is 0 Å². The molecule has 114 valence electrons. The fourth-order valence-corrected chi connectivity index (χ4v) is 3.70.